The largest absolute Gasteiger partial charge is 0.409 e. The number of aromatic nitrogens is 2. The molecule has 0 saturated carbocycles. The summed E-state index contributed by atoms with van der Waals surface area (Å²) in [5.41, 5.74) is 7.02. The molecule has 2 rings (SSSR count). The van der Waals surface area contributed by atoms with E-state index < -0.39 is 5.82 Å². The first-order valence-electron chi connectivity index (χ1n) is 5.59. The molecule has 0 amide bonds. The van der Waals surface area contributed by atoms with Crippen molar-refractivity contribution in [2.24, 2.45) is 17.9 Å². The summed E-state index contributed by atoms with van der Waals surface area (Å²) < 4.78 is 15.5. The minimum absolute atomic E-state index is 0.120. The number of rotatable bonds is 4. The van der Waals surface area contributed by atoms with E-state index in [2.05, 4.69) is 15.6 Å². The van der Waals surface area contributed by atoms with Crippen LogP contribution in [0.1, 0.15) is 11.1 Å². The summed E-state index contributed by atoms with van der Waals surface area (Å²) in [5.74, 6) is -0.536. The molecule has 0 atom stereocenters. The normalized spacial score (nSPS) is 11.6. The molecule has 0 unspecified atom stereocenters. The van der Waals surface area contributed by atoms with Gasteiger partial charge in [-0.25, -0.2) is 4.39 Å². The topological polar surface area (TPSA) is 88.5 Å². The molecule has 0 fully saturated rings. The van der Waals surface area contributed by atoms with E-state index in [1.165, 1.54) is 6.07 Å². The Morgan fingerprint density at radius 3 is 2.95 bits per heavy atom. The lowest BCUT2D eigenvalue weighted by atomic mass is 10.1. The fourth-order valence-electron chi connectivity index (χ4n) is 1.62. The average molecular weight is 263 g/mol. The van der Waals surface area contributed by atoms with E-state index in [1.807, 2.05) is 0 Å². The molecule has 0 bridgehead atoms. The Morgan fingerprint density at radius 2 is 2.37 bits per heavy atom. The van der Waals surface area contributed by atoms with Gasteiger partial charge in [0.15, 0.2) is 5.84 Å². The predicted molar refractivity (Wildman–Crippen MR) is 69.4 cm³/mol. The Morgan fingerprint density at radius 1 is 1.58 bits per heavy atom. The number of nitrogens with two attached hydrogens (primary N) is 1. The number of nitrogens with zero attached hydrogens (tertiary/aromatic N) is 3. The fourth-order valence-corrected chi connectivity index (χ4v) is 1.62. The van der Waals surface area contributed by atoms with Crippen molar-refractivity contribution in [1.82, 2.24) is 9.78 Å². The molecule has 0 radical (unpaired) electrons. The number of benzene rings is 1. The fraction of sp³-hybridized carbons (Fsp3) is 0.167. The number of nitrogens with one attached hydrogen (secondary N) is 1. The first kappa shape index (κ1) is 12.9. The highest BCUT2D eigenvalue weighted by atomic mass is 19.1. The monoisotopic (exact) mass is 263 g/mol. The van der Waals surface area contributed by atoms with Crippen molar-refractivity contribution in [1.29, 1.82) is 0 Å². The average Bonchev–Trinajstić information content (AvgIpc) is 2.82. The van der Waals surface area contributed by atoms with Crippen LogP contribution in [0.4, 0.5) is 10.1 Å². The maximum absolute atomic E-state index is 13.8. The maximum Gasteiger partial charge on any atom is 0.170 e. The molecule has 1 aromatic carbocycles. The lowest BCUT2D eigenvalue weighted by Gasteiger charge is -2.06. The van der Waals surface area contributed by atoms with E-state index in [0.29, 0.717) is 17.7 Å². The zero-order valence-corrected chi connectivity index (χ0v) is 10.3. The molecule has 0 aliphatic heterocycles. The molecule has 0 aliphatic carbocycles. The third-order valence-corrected chi connectivity index (χ3v) is 2.64. The maximum atomic E-state index is 13.8. The summed E-state index contributed by atoms with van der Waals surface area (Å²) in [6.07, 6.45) is 3.45. The van der Waals surface area contributed by atoms with Crippen molar-refractivity contribution in [3.8, 4) is 0 Å². The minimum atomic E-state index is -0.416. The smallest absolute Gasteiger partial charge is 0.170 e. The van der Waals surface area contributed by atoms with Crippen LogP contribution in [-0.2, 0) is 13.6 Å². The number of aryl methyl sites for hydroxylation is 1. The third kappa shape index (κ3) is 3.01. The van der Waals surface area contributed by atoms with Crippen LogP contribution in [-0.4, -0.2) is 20.8 Å². The molecular formula is C12H14FN5O. The molecule has 0 aliphatic rings. The minimum Gasteiger partial charge on any atom is -0.409 e. The lowest BCUT2D eigenvalue weighted by Crippen LogP contribution is -2.14. The van der Waals surface area contributed by atoms with E-state index in [-0.39, 0.29) is 5.84 Å². The van der Waals surface area contributed by atoms with Crippen LogP contribution in [0, 0.1) is 5.82 Å². The van der Waals surface area contributed by atoms with Gasteiger partial charge in [0.1, 0.15) is 5.82 Å². The van der Waals surface area contributed by atoms with Crippen LogP contribution in [0.15, 0.2) is 35.7 Å². The van der Waals surface area contributed by atoms with Gasteiger partial charge in [-0.15, -0.1) is 0 Å². The Hall–Kier alpha value is -2.57. The molecule has 4 N–H and O–H groups in total. The first-order valence-corrected chi connectivity index (χ1v) is 5.59. The van der Waals surface area contributed by atoms with Gasteiger partial charge in [0.2, 0.25) is 0 Å². The van der Waals surface area contributed by atoms with Crippen LogP contribution in [0.3, 0.4) is 0 Å². The Balaban J connectivity index is 2.09. The molecule has 1 heterocycles. The van der Waals surface area contributed by atoms with Gasteiger partial charge in [0, 0.05) is 30.9 Å². The van der Waals surface area contributed by atoms with Gasteiger partial charge in [-0.05, 0) is 6.07 Å². The zero-order chi connectivity index (χ0) is 13.8. The summed E-state index contributed by atoms with van der Waals surface area (Å²) in [6.45, 7) is 0.327. The summed E-state index contributed by atoms with van der Waals surface area (Å²) in [4.78, 5) is 0. The highest BCUT2D eigenvalue weighted by molar-refractivity contribution is 5.97. The zero-order valence-electron chi connectivity index (χ0n) is 10.3. The first-order chi connectivity index (χ1) is 9.10. The molecule has 0 saturated heterocycles. The molecule has 2 aromatic rings. The molecule has 1 aromatic heterocycles. The number of amidine groups is 1. The molecule has 100 valence electrons. The van der Waals surface area contributed by atoms with Crippen LogP contribution in [0.25, 0.3) is 0 Å². The van der Waals surface area contributed by atoms with Gasteiger partial charge in [-0.3, -0.25) is 4.68 Å². The van der Waals surface area contributed by atoms with Crippen molar-refractivity contribution in [2.45, 2.75) is 6.54 Å². The highest BCUT2D eigenvalue weighted by Crippen LogP contribution is 2.13. The summed E-state index contributed by atoms with van der Waals surface area (Å²) in [5, 5.41) is 18.4. The molecule has 19 heavy (non-hydrogen) atoms. The molecular weight excluding hydrogens is 249 g/mol. The van der Waals surface area contributed by atoms with Gasteiger partial charge in [-0.2, -0.15) is 5.10 Å². The lowest BCUT2D eigenvalue weighted by molar-refractivity contribution is 0.318. The van der Waals surface area contributed by atoms with E-state index in [4.69, 9.17) is 10.9 Å². The van der Waals surface area contributed by atoms with E-state index in [0.717, 1.165) is 5.69 Å². The molecule has 6 nitrogen and oxygen atoms in total. The van der Waals surface area contributed by atoms with E-state index in [9.17, 15) is 4.39 Å². The van der Waals surface area contributed by atoms with Crippen molar-refractivity contribution < 1.29 is 9.60 Å². The number of halogens is 1. The summed E-state index contributed by atoms with van der Waals surface area (Å²) in [7, 11) is 1.80. The predicted octanol–water partition coefficient (Wildman–Crippen LogP) is 1.27. The van der Waals surface area contributed by atoms with Crippen LogP contribution < -0.4 is 11.1 Å². The second kappa shape index (κ2) is 5.38. The number of anilines is 1. The van der Waals surface area contributed by atoms with Crippen molar-refractivity contribution >= 4 is 11.5 Å². The summed E-state index contributed by atoms with van der Waals surface area (Å²) in [6, 6.07) is 4.42. The van der Waals surface area contributed by atoms with Crippen LogP contribution >= 0.6 is 0 Å². The second-order valence-electron chi connectivity index (χ2n) is 4.05. The van der Waals surface area contributed by atoms with Gasteiger partial charge in [0.25, 0.3) is 0 Å². The Bertz CT molecular complexity index is 608. The van der Waals surface area contributed by atoms with Crippen molar-refractivity contribution in [3.63, 3.8) is 0 Å². The number of hydrogen-bond donors (Lipinski definition) is 3. The highest BCUT2D eigenvalue weighted by Gasteiger charge is 2.06. The molecule has 7 heteroatoms. The van der Waals surface area contributed by atoms with Gasteiger partial charge in [0.05, 0.1) is 11.9 Å². The number of hydrogen-bond acceptors (Lipinski definition) is 4. The Kier molecular flexibility index (Phi) is 3.65. The van der Waals surface area contributed by atoms with Gasteiger partial charge >= 0.3 is 0 Å². The third-order valence-electron chi connectivity index (χ3n) is 2.64. The van der Waals surface area contributed by atoms with Gasteiger partial charge in [-0.1, -0.05) is 17.3 Å². The second-order valence-corrected chi connectivity index (χ2v) is 4.05. The van der Waals surface area contributed by atoms with E-state index >= 15 is 0 Å². The van der Waals surface area contributed by atoms with Crippen molar-refractivity contribution in [2.75, 3.05) is 5.32 Å². The van der Waals surface area contributed by atoms with Crippen molar-refractivity contribution in [3.05, 3.63) is 47.5 Å². The summed E-state index contributed by atoms with van der Waals surface area (Å²) >= 11 is 0. The quantitative estimate of drug-likeness (QED) is 0.335. The van der Waals surface area contributed by atoms with Crippen LogP contribution in [0.2, 0.25) is 0 Å². The standard InChI is InChI=1S/C12H14FN5O/c1-18-7-10(6-16-18)15-5-9-3-2-8(4-11(9)13)12(14)17-19/h2-4,6-7,15,19H,5H2,1H3,(H2,14,17). The van der Waals surface area contributed by atoms with E-state index in [1.54, 1.807) is 36.3 Å². The molecule has 0 spiro atoms. The SMILES string of the molecule is Cn1cc(NCc2ccc(C(N)=NO)cc2F)cn1. The van der Waals surface area contributed by atoms with Crippen LogP contribution in [0.5, 0.6) is 0 Å². The number of oxime groups is 1. The Labute approximate surface area is 109 Å². The van der Waals surface area contributed by atoms with Gasteiger partial charge < -0.3 is 16.3 Å².